The first-order valence-electron chi connectivity index (χ1n) is 13.6. The molecule has 1 unspecified atom stereocenters. The Morgan fingerprint density at radius 3 is 2.58 bits per heavy atom. The van der Waals surface area contributed by atoms with Gasteiger partial charge in [-0.25, -0.2) is 4.39 Å². The van der Waals surface area contributed by atoms with E-state index in [0.717, 1.165) is 60.0 Å². The number of hydrogen-bond donors (Lipinski definition) is 2. The van der Waals surface area contributed by atoms with Gasteiger partial charge in [-0.05, 0) is 49.4 Å². The number of nitrogens with one attached hydrogen (secondary N) is 2. The molecule has 1 spiro atoms. The molecule has 1 saturated heterocycles. The molecule has 0 bridgehead atoms. The summed E-state index contributed by atoms with van der Waals surface area (Å²) in [7, 11) is 3.29. The molecule has 7 nitrogen and oxygen atoms in total. The number of likely N-dealkylation sites (tertiary alicyclic amines) is 1. The van der Waals surface area contributed by atoms with Crippen LogP contribution in [0, 0.1) is 11.7 Å². The van der Waals surface area contributed by atoms with E-state index >= 15 is 0 Å². The lowest BCUT2D eigenvalue weighted by atomic mass is 9.67. The van der Waals surface area contributed by atoms with E-state index in [0.29, 0.717) is 31.7 Å². The van der Waals surface area contributed by atoms with E-state index in [9.17, 15) is 14.0 Å². The number of piperidine rings is 1. The molecule has 8 heteroatoms. The normalized spacial score (nSPS) is 21.2. The molecule has 6 rings (SSSR count). The van der Waals surface area contributed by atoms with Crippen LogP contribution in [0.2, 0.25) is 0 Å². The van der Waals surface area contributed by atoms with Crippen LogP contribution in [0.5, 0.6) is 5.75 Å². The number of ether oxygens (including phenoxy) is 1. The number of aromatic amines is 1. The summed E-state index contributed by atoms with van der Waals surface area (Å²) in [5.74, 6) is 0.809. The predicted molar refractivity (Wildman–Crippen MR) is 143 cm³/mol. The third kappa shape index (κ3) is 4.06. The molecule has 3 aromatic rings. The number of halogens is 1. The Bertz CT molecular complexity index is 1370. The average molecular weight is 519 g/mol. The molecule has 2 fully saturated rings. The third-order valence-electron chi connectivity index (χ3n) is 9.02. The second-order valence-electron chi connectivity index (χ2n) is 11.1. The Hall–Kier alpha value is -3.39. The van der Waals surface area contributed by atoms with Gasteiger partial charge in [0.05, 0.1) is 7.11 Å². The van der Waals surface area contributed by atoms with Crippen molar-refractivity contribution in [2.45, 2.75) is 50.1 Å². The topological polar surface area (TPSA) is 77.7 Å². The van der Waals surface area contributed by atoms with Gasteiger partial charge >= 0.3 is 0 Å². The maximum Gasteiger partial charge on any atom is 0.243 e. The zero-order valence-corrected chi connectivity index (χ0v) is 22.1. The molecule has 3 heterocycles. The number of hydrogen-bond acceptors (Lipinski definition) is 4. The summed E-state index contributed by atoms with van der Waals surface area (Å²) in [6, 6.07) is 12.2. The molecule has 1 saturated carbocycles. The standard InChI is InChI=1S/C30H35FN4O3/c1-32-28(36)27-26-25(22-11-10-21(38-2)16-24(22)33-26)30(18-35(27)17-20-6-3-4-9-23(20)31)12-14-34(15-13-30)29(37)19-7-5-8-19/h3-4,6,9-11,16,19,27,33H,5,7-8,12-15,17-18H2,1-2H3,(H,32,36). The van der Waals surface area contributed by atoms with E-state index in [1.807, 2.05) is 23.1 Å². The van der Waals surface area contributed by atoms with Gasteiger partial charge in [0.1, 0.15) is 17.6 Å². The minimum atomic E-state index is -0.590. The van der Waals surface area contributed by atoms with Gasteiger partial charge in [-0.1, -0.05) is 24.6 Å². The van der Waals surface area contributed by atoms with Crippen LogP contribution in [-0.4, -0.2) is 60.4 Å². The molecular weight excluding hydrogens is 483 g/mol. The highest BCUT2D eigenvalue weighted by Gasteiger charge is 2.50. The highest BCUT2D eigenvalue weighted by Crippen LogP contribution is 2.50. The van der Waals surface area contributed by atoms with Crippen LogP contribution in [0.3, 0.4) is 0 Å². The van der Waals surface area contributed by atoms with E-state index in [1.54, 1.807) is 26.3 Å². The van der Waals surface area contributed by atoms with E-state index in [2.05, 4.69) is 21.3 Å². The van der Waals surface area contributed by atoms with Gasteiger partial charge in [0, 0.05) is 72.8 Å². The molecule has 1 aromatic heterocycles. The van der Waals surface area contributed by atoms with Crippen molar-refractivity contribution in [2.24, 2.45) is 5.92 Å². The fourth-order valence-electron chi connectivity index (χ4n) is 6.75. The lowest BCUT2D eigenvalue weighted by molar-refractivity contribution is -0.140. The van der Waals surface area contributed by atoms with E-state index in [4.69, 9.17) is 4.74 Å². The van der Waals surface area contributed by atoms with Crippen molar-refractivity contribution in [3.8, 4) is 5.75 Å². The number of rotatable bonds is 5. The Morgan fingerprint density at radius 2 is 1.92 bits per heavy atom. The largest absolute Gasteiger partial charge is 0.497 e. The summed E-state index contributed by atoms with van der Waals surface area (Å²) in [6.07, 6.45) is 4.73. The van der Waals surface area contributed by atoms with Crippen LogP contribution < -0.4 is 10.1 Å². The van der Waals surface area contributed by atoms with Crippen molar-refractivity contribution in [3.63, 3.8) is 0 Å². The monoisotopic (exact) mass is 518 g/mol. The van der Waals surface area contributed by atoms with Gasteiger partial charge in [-0.3, -0.25) is 14.5 Å². The lowest BCUT2D eigenvalue weighted by Crippen LogP contribution is -2.56. The first-order chi connectivity index (χ1) is 18.4. The fraction of sp³-hybridized carbons (Fsp3) is 0.467. The van der Waals surface area contributed by atoms with Crippen molar-refractivity contribution in [1.82, 2.24) is 20.1 Å². The molecule has 0 radical (unpaired) electrons. The summed E-state index contributed by atoms with van der Waals surface area (Å²) in [5.41, 5.74) is 3.23. The Labute approximate surface area is 222 Å². The highest BCUT2D eigenvalue weighted by molar-refractivity contribution is 5.92. The molecule has 2 amide bonds. The van der Waals surface area contributed by atoms with E-state index in [-0.39, 0.29) is 29.0 Å². The minimum absolute atomic E-state index is 0.131. The van der Waals surface area contributed by atoms with Crippen LogP contribution in [-0.2, 0) is 21.5 Å². The Morgan fingerprint density at radius 1 is 1.16 bits per heavy atom. The van der Waals surface area contributed by atoms with Gasteiger partial charge in [0.2, 0.25) is 11.8 Å². The van der Waals surface area contributed by atoms with Crippen LogP contribution in [0.1, 0.15) is 55.0 Å². The summed E-state index contributed by atoms with van der Waals surface area (Å²) in [5, 5.41) is 3.92. The van der Waals surface area contributed by atoms with Crippen LogP contribution in [0.15, 0.2) is 42.5 Å². The number of benzene rings is 2. The SMILES string of the molecule is CNC(=O)C1c2[nH]c3cc(OC)ccc3c2C2(CCN(C(=O)C3CCC3)CC2)CN1Cc1ccccc1F. The van der Waals surface area contributed by atoms with Crippen LogP contribution in [0.25, 0.3) is 10.9 Å². The van der Waals surface area contributed by atoms with Crippen molar-refractivity contribution in [2.75, 3.05) is 33.8 Å². The number of likely N-dealkylation sites (N-methyl/N-ethyl adjacent to an activating group) is 1. The van der Waals surface area contributed by atoms with Gasteiger partial charge in [0.15, 0.2) is 0 Å². The Balaban J connectivity index is 1.44. The van der Waals surface area contributed by atoms with Gasteiger partial charge in [-0.15, -0.1) is 0 Å². The molecule has 1 atom stereocenters. The molecule has 2 N–H and O–H groups in total. The predicted octanol–water partition coefficient (Wildman–Crippen LogP) is 4.28. The maximum atomic E-state index is 14.8. The minimum Gasteiger partial charge on any atom is -0.497 e. The molecule has 2 aromatic carbocycles. The number of amides is 2. The third-order valence-corrected chi connectivity index (χ3v) is 9.02. The van der Waals surface area contributed by atoms with Gasteiger partial charge in [0.25, 0.3) is 0 Å². The molecule has 1 aliphatic carbocycles. The maximum absolute atomic E-state index is 14.8. The second-order valence-corrected chi connectivity index (χ2v) is 11.1. The number of fused-ring (bicyclic) bond motifs is 4. The molecule has 3 aliphatic rings. The smallest absolute Gasteiger partial charge is 0.243 e. The zero-order chi connectivity index (χ0) is 26.4. The summed E-state index contributed by atoms with van der Waals surface area (Å²) in [4.78, 5) is 34.2. The molecule has 200 valence electrons. The second kappa shape index (κ2) is 9.73. The zero-order valence-electron chi connectivity index (χ0n) is 22.1. The van der Waals surface area contributed by atoms with Crippen molar-refractivity contribution < 1.29 is 18.7 Å². The fourth-order valence-corrected chi connectivity index (χ4v) is 6.75. The lowest BCUT2D eigenvalue weighted by Gasteiger charge is -2.50. The molecule has 38 heavy (non-hydrogen) atoms. The number of methoxy groups -OCH3 is 1. The van der Waals surface area contributed by atoms with Crippen LogP contribution in [0.4, 0.5) is 4.39 Å². The first kappa shape index (κ1) is 24.9. The van der Waals surface area contributed by atoms with Gasteiger partial charge < -0.3 is 19.9 Å². The first-order valence-corrected chi connectivity index (χ1v) is 13.6. The number of carbonyl (C=O) groups is 2. The summed E-state index contributed by atoms with van der Waals surface area (Å²) in [6.45, 7) is 2.30. The number of carbonyl (C=O) groups excluding carboxylic acids is 2. The van der Waals surface area contributed by atoms with Crippen molar-refractivity contribution >= 4 is 22.7 Å². The van der Waals surface area contributed by atoms with E-state index < -0.39 is 6.04 Å². The van der Waals surface area contributed by atoms with Crippen LogP contribution >= 0.6 is 0 Å². The summed E-state index contributed by atoms with van der Waals surface area (Å²) < 4.78 is 20.3. The number of H-pyrrole nitrogens is 1. The van der Waals surface area contributed by atoms with Crippen molar-refractivity contribution in [3.05, 3.63) is 65.1 Å². The molecule has 2 aliphatic heterocycles. The van der Waals surface area contributed by atoms with Gasteiger partial charge in [-0.2, -0.15) is 0 Å². The quantitative estimate of drug-likeness (QED) is 0.529. The average Bonchev–Trinajstić information content (AvgIpc) is 3.28. The highest BCUT2D eigenvalue weighted by atomic mass is 19.1. The number of nitrogens with zero attached hydrogens (tertiary/aromatic N) is 2. The summed E-state index contributed by atoms with van der Waals surface area (Å²) >= 11 is 0. The van der Waals surface area contributed by atoms with E-state index in [1.165, 1.54) is 6.07 Å². The Kier molecular flexibility index (Phi) is 6.38. The van der Waals surface area contributed by atoms with Crippen molar-refractivity contribution in [1.29, 1.82) is 0 Å². The molecular formula is C30H35FN4O3. The number of aromatic nitrogens is 1.